The maximum absolute atomic E-state index is 9.67. The van der Waals surface area contributed by atoms with Gasteiger partial charge >= 0.3 is 6.01 Å². The Kier molecular flexibility index (Phi) is 6.69. The van der Waals surface area contributed by atoms with Crippen molar-refractivity contribution in [3.05, 3.63) is 35.9 Å². The number of nitrogens with zero attached hydrogens (tertiary/aromatic N) is 4. The van der Waals surface area contributed by atoms with Crippen LogP contribution in [0.5, 0.6) is 11.8 Å². The number of terminal acetylenes is 1. The number of fused-ring (bicyclic) bond motifs is 1. The number of hydrogen-bond donors (Lipinski definition) is 1. The summed E-state index contributed by atoms with van der Waals surface area (Å²) in [6.45, 7) is 4.28. The summed E-state index contributed by atoms with van der Waals surface area (Å²) in [7, 11) is 1.58. The second kappa shape index (κ2) is 9.81. The molecule has 3 aromatic rings. The molecule has 4 rings (SSSR count). The van der Waals surface area contributed by atoms with Crippen LogP contribution in [0, 0.1) is 12.3 Å². The highest BCUT2D eigenvalue weighted by Gasteiger charge is 2.24. The molecule has 1 aromatic carbocycles. The second-order valence-electron chi connectivity index (χ2n) is 7.50. The van der Waals surface area contributed by atoms with Crippen LogP contribution in [0.4, 0.5) is 5.82 Å². The maximum Gasteiger partial charge on any atom is 0.320 e. The third-order valence-corrected chi connectivity index (χ3v) is 5.38. The number of methoxy groups -OCH3 is 1. The Morgan fingerprint density at radius 3 is 2.88 bits per heavy atom. The fourth-order valence-corrected chi connectivity index (χ4v) is 3.72. The van der Waals surface area contributed by atoms with Gasteiger partial charge < -0.3 is 24.2 Å². The maximum atomic E-state index is 9.67. The molecule has 1 aliphatic heterocycles. The predicted octanol–water partition coefficient (Wildman–Crippen LogP) is 2.82. The van der Waals surface area contributed by atoms with Crippen LogP contribution in [0.15, 0.2) is 30.3 Å². The highest BCUT2D eigenvalue weighted by molar-refractivity contribution is 5.89. The molecule has 32 heavy (non-hydrogen) atoms. The minimum atomic E-state index is -0.126. The zero-order valence-corrected chi connectivity index (χ0v) is 18.2. The van der Waals surface area contributed by atoms with Crippen LogP contribution in [-0.2, 0) is 11.3 Å². The predicted molar refractivity (Wildman–Crippen MR) is 122 cm³/mol. The van der Waals surface area contributed by atoms with Crippen molar-refractivity contribution >= 4 is 16.9 Å². The summed E-state index contributed by atoms with van der Waals surface area (Å²) < 4.78 is 16.6. The van der Waals surface area contributed by atoms with E-state index in [-0.39, 0.29) is 18.7 Å². The van der Waals surface area contributed by atoms with E-state index in [2.05, 4.69) is 27.7 Å². The Bertz CT molecular complexity index is 1140. The first kappa shape index (κ1) is 21.8. The molecule has 1 N–H and O–H groups in total. The van der Waals surface area contributed by atoms with Crippen molar-refractivity contribution in [3.63, 3.8) is 0 Å². The van der Waals surface area contributed by atoms with Gasteiger partial charge in [-0.1, -0.05) is 0 Å². The van der Waals surface area contributed by atoms with Crippen molar-refractivity contribution in [1.82, 2.24) is 15.0 Å². The van der Waals surface area contributed by atoms with Crippen LogP contribution in [0.3, 0.4) is 0 Å². The number of benzene rings is 1. The summed E-state index contributed by atoms with van der Waals surface area (Å²) in [5.41, 5.74) is 2.80. The Labute approximate surface area is 187 Å². The Hall–Kier alpha value is -3.41. The molecule has 2 aromatic heterocycles. The Balaban J connectivity index is 1.79. The van der Waals surface area contributed by atoms with E-state index in [0.29, 0.717) is 43.2 Å². The van der Waals surface area contributed by atoms with Gasteiger partial charge in [0.25, 0.3) is 0 Å². The second-order valence-corrected chi connectivity index (χ2v) is 7.50. The molecule has 0 bridgehead atoms. The Morgan fingerprint density at radius 1 is 1.25 bits per heavy atom. The number of pyridine rings is 1. The number of aliphatic hydroxyl groups is 1. The number of rotatable bonds is 7. The topological polar surface area (TPSA) is 89.8 Å². The van der Waals surface area contributed by atoms with Crippen molar-refractivity contribution in [1.29, 1.82) is 0 Å². The molecule has 3 heterocycles. The molecular weight excluding hydrogens is 408 g/mol. The van der Waals surface area contributed by atoms with Crippen molar-refractivity contribution in [2.45, 2.75) is 26.0 Å². The molecule has 8 nitrogen and oxygen atoms in total. The van der Waals surface area contributed by atoms with Crippen LogP contribution in [0.2, 0.25) is 0 Å². The summed E-state index contributed by atoms with van der Waals surface area (Å²) in [5, 5.41) is 10.5. The van der Waals surface area contributed by atoms with Gasteiger partial charge in [-0.25, -0.2) is 4.98 Å². The van der Waals surface area contributed by atoms with E-state index in [1.54, 1.807) is 7.11 Å². The standard InChI is InChI=1S/C24H26N4O4/c1-4-5-11-32-24-26-22-19(23(27-24)28-10-12-31-15-16(28)2)7-8-20(25-22)17-6-9-21(30-3)18(13-17)14-29/h1,6-9,13,16,29H,5,10-12,14-15H2,2-3H3/t16-/m0/s1. The van der Waals surface area contributed by atoms with Crippen LogP contribution >= 0.6 is 0 Å². The molecule has 1 fully saturated rings. The van der Waals surface area contributed by atoms with Gasteiger partial charge in [-0.3, -0.25) is 0 Å². The van der Waals surface area contributed by atoms with Gasteiger partial charge in [-0.2, -0.15) is 9.97 Å². The first-order valence-corrected chi connectivity index (χ1v) is 10.5. The lowest BCUT2D eigenvalue weighted by Gasteiger charge is -2.34. The molecule has 0 spiro atoms. The third-order valence-electron chi connectivity index (χ3n) is 5.38. The molecule has 0 saturated carbocycles. The van der Waals surface area contributed by atoms with E-state index in [9.17, 15) is 5.11 Å². The van der Waals surface area contributed by atoms with Gasteiger partial charge in [-0.15, -0.1) is 12.3 Å². The SMILES string of the molecule is C#CCCOc1nc(N2CCOC[C@@H]2C)c2ccc(-c3ccc(OC)c(CO)c3)nc2n1. The quantitative estimate of drug-likeness (QED) is 0.449. The van der Waals surface area contributed by atoms with Crippen molar-refractivity contribution in [2.24, 2.45) is 0 Å². The highest BCUT2D eigenvalue weighted by atomic mass is 16.5. The molecule has 0 aliphatic carbocycles. The fourth-order valence-electron chi connectivity index (χ4n) is 3.72. The fraction of sp³-hybridized carbons (Fsp3) is 0.375. The molecule has 8 heteroatoms. The summed E-state index contributed by atoms with van der Waals surface area (Å²) in [4.78, 5) is 16.2. The minimum absolute atomic E-state index is 0.126. The monoisotopic (exact) mass is 434 g/mol. The van der Waals surface area contributed by atoms with Crippen molar-refractivity contribution in [3.8, 4) is 35.4 Å². The van der Waals surface area contributed by atoms with Gasteiger partial charge in [0.15, 0.2) is 5.65 Å². The number of hydrogen-bond acceptors (Lipinski definition) is 8. The molecule has 1 aliphatic rings. The van der Waals surface area contributed by atoms with E-state index in [1.807, 2.05) is 30.3 Å². The smallest absolute Gasteiger partial charge is 0.320 e. The van der Waals surface area contributed by atoms with Crippen molar-refractivity contribution in [2.75, 3.05) is 38.4 Å². The third kappa shape index (κ3) is 4.44. The average Bonchev–Trinajstić information content (AvgIpc) is 2.83. The molecule has 0 radical (unpaired) electrons. The molecule has 0 unspecified atom stereocenters. The Morgan fingerprint density at radius 2 is 2.12 bits per heavy atom. The zero-order chi connectivity index (χ0) is 22.5. The number of morpholine rings is 1. The number of aromatic nitrogens is 3. The lowest BCUT2D eigenvalue weighted by molar-refractivity contribution is 0.0986. The van der Waals surface area contributed by atoms with Gasteiger partial charge in [0, 0.05) is 24.1 Å². The van der Waals surface area contributed by atoms with Gasteiger partial charge in [0.1, 0.15) is 18.2 Å². The molecular formula is C24H26N4O4. The van der Waals surface area contributed by atoms with E-state index in [0.717, 1.165) is 29.0 Å². The molecule has 1 saturated heterocycles. The van der Waals surface area contributed by atoms with Crippen molar-refractivity contribution < 1.29 is 19.3 Å². The van der Waals surface area contributed by atoms with E-state index < -0.39 is 0 Å². The van der Waals surface area contributed by atoms with Gasteiger partial charge in [0.05, 0.1) is 44.1 Å². The van der Waals surface area contributed by atoms with Crippen LogP contribution in [0.1, 0.15) is 18.9 Å². The number of aliphatic hydroxyl groups excluding tert-OH is 1. The van der Waals surface area contributed by atoms with E-state index >= 15 is 0 Å². The minimum Gasteiger partial charge on any atom is -0.496 e. The molecule has 166 valence electrons. The lowest BCUT2D eigenvalue weighted by atomic mass is 10.1. The summed E-state index contributed by atoms with van der Waals surface area (Å²) >= 11 is 0. The number of anilines is 1. The summed E-state index contributed by atoms with van der Waals surface area (Å²) in [6.07, 6.45) is 5.81. The largest absolute Gasteiger partial charge is 0.496 e. The van der Waals surface area contributed by atoms with Crippen LogP contribution in [0.25, 0.3) is 22.3 Å². The van der Waals surface area contributed by atoms with Gasteiger partial charge in [0.2, 0.25) is 0 Å². The van der Waals surface area contributed by atoms with Gasteiger partial charge in [-0.05, 0) is 37.3 Å². The first-order valence-electron chi connectivity index (χ1n) is 10.5. The van der Waals surface area contributed by atoms with Crippen LogP contribution < -0.4 is 14.4 Å². The van der Waals surface area contributed by atoms with E-state index in [1.165, 1.54) is 0 Å². The van der Waals surface area contributed by atoms with E-state index in [4.69, 9.17) is 25.6 Å². The molecule has 1 atom stereocenters. The number of ether oxygens (including phenoxy) is 3. The summed E-state index contributed by atoms with van der Waals surface area (Å²) in [5.74, 6) is 3.96. The first-order chi connectivity index (χ1) is 15.6. The normalized spacial score (nSPS) is 16.1. The average molecular weight is 434 g/mol. The summed E-state index contributed by atoms with van der Waals surface area (Å²) in [6, 6.07) is 9.91. The molecule has 0 amide bonds. The highest BCUT2D eigenvalue weighted by Crippen LogP contribution is 2.31. The lowest BCUT2D eigenvalue weighted by Crippen LogP contribution is -2.44. The van der Waals surface area contributed by atoms with Crippen LogP contribution in [-0.4, -0.2) is 59.6 Å². The zero-order valence-electron chi connectivity index (χ0n) is 18.2.